The van der Waals surface area contributed by atoms with Gasteiger partial charge in [0.15, 0.2) is 0 Å². The topological polar surface area (TPSA) is 15.3 Å². The summed E-state index contributed by atoms with van der Waals surface area (Å²) >= 11 is 0. The van der Waals surface area contributed by atoms with Gasteiger partial charge in [0.05, 0.1) is 0 Å². The Kier molecular flexibility index (Phi) is 5.87. The Morgan fingerprint density at radius 1 is 1.11 bits per heavy atom. The van der Waals surface area contributed by atoms with Gasteiger partial charge in [-0.1, -0.05) is 49.6 Å². The van der Waals surface area contributed by atoms with Crippen LogP contribution in [-0.4, -0.2) is 32.1 Å². The van der Waals surface area contributed by atoms with E-state index in [2.05, 4.69) is 54.6 Å². The quantitative estimate of drug-likeness (QED) is 0.842. The maximum absolute atomic E-state index is 3.80. The normalized spacial score (nSPS) is 18.7. The van der Waals surface area contributed by atoms with Crippen LogP contribution >= 0.6 is 0 Å². The molecule has 1 aromatic carbocycles. The SMILES string of the molecule is CN(C)CC(NCC1CCCCC1)c1ccccc1. The summed E-state index contributed by atoms with van der Waals surface area (Å²) < 4.78 is 0. The number of rotatable bonds is 6. The van der Waals surface area contributed by atoms with Crippen LogP contribution < -0.4 is 5.32 Å². The lowest BCUT2D eigenvalue weighted by Gasteiger charge is -2.27. The van der Waals surface area contributed by atoms with Gasteiger partial charge in [0, 0.05) is 12.6 Å². The molecule has 0 aromatic heterocycles. The van der Waals surface area contributed by atoms with E-state index in [-0.39, 0.29) is 0 Å². The fraction of sp³-hybridized carbons (Fsp3) is 0.647. The second-order valence-electron chi connectivity index (χ2n) is 6.14. The van der Waals surface area contributed by atoms with Gasteiger partial charge in [-0.05, 0) is 45.0 Å². The van der Waals surface area contributed by atoms with Gasteiger partial charge < -0.3 is 10.2 Å². The monoisotopic (exact) mass is 260 g/mol. The van der Waals surface area contributed by atoms with E-state index in [1.165, 1.54) is 44.2 Å². The Bertz CT molecular complexity index is 342. The first-order chi connectivity index (χ1) is 9.25. The molecule has 1 saturated carbocycles. The maximum Gasteiger partial charge on any atom is 0.0449 e. The van der Waals surface area contributed by atoms with E-state index in [1.807, 2.05) is 0 Å². The largest absolute Gasteiger partial charge is 0.309 e. The van der Waals surface area contributed by atoms with Gasteiger partial charge in [-0.15, -0.1) is 0 Å². The minimum Gasteiger partial charge on any atom is -0.309 e. The molecule has 1 fully saturated rings. The summed E-state index contributed by atoms with van der Waals surface area (Å²) in [5.41, 5.74) is 1.41. The molecule has 106 valence electrons. The molecule has 0 radical (unpaired) electrons. The fourth-order valence-electron chi connectivity index (χ4n) is 3.04. The minimum absolute atomic E-state index is 0.457. The molecule has 0 saturated heterocycles. The van der Waals surface area contributed by atoms with Crippen LogP contribution in [0.5, 0.6) is 0 Å². The van der Waals surface area contributed by atoms with Crippen LogP contribution in [0.25, 0.3) is 0 Å². The van der Waals surface area contributed by atoms with E-state index in [4.69, 9.17) is 0 Å². The van der Waals surface area contributed by atoms with Gasteiger partial charge in [-0.2, -0.15) is 0 Å². The van der Waals surface area contributed by atoms with Crippen molar-refractivity contribution in [2.75, 3.05) is 27.2 Å². The predicted octanol–water partition coefficient (Wildman–Crippen LogP) is 3.46. The van der Waals surface area contributed by atoms with Gasteiger partial charge in [0.2, 0.25) is 0 Å². The van der Waals surface area contributed by atoms with E-state index < -0.39 is 0 Å². The average Bonchev–Trinajstić information content (AvgIpc) is 2.45. The van der Waals surface area contributed by atoms with E-state index in [0.29, 0.717) is 6.04 Å². The summed E-state index contributed by atoms with van der Waals surface area (Å²) in [7, 11) is 4.30. The number of nitrogens with one attached hydrogen (secondary N) is 1. The third-order valence-corrected chi connectivity index (χ3v) is 4.13. The molecule has 2 nitrogen and oxygen atoms in total. The van der Waals surface area contributed by atoms with Crippen molar-refractivity contribution >= 4 is 0 Å². The molecular formula is C17H28N2. The Morgan fingerprint density at radius 2 is 1.79 bits per heavy atom. The smallest absolute Gasteiger partial charge is 0.0449 e. The third-order valence-electron chi connectivity index (χ3n) is 4.13. The zero-order valence-corrected chi connectivity index (χ0v) is 12.4. The fourth-order valence-corrected chi connectivity index (χ4v) is 3.04. The van der Waals surface area contributed by atoms with Crippen LogP contribution in [0, 0.1) is 5.92 Å². The van der Waals surface area contributed by atoms with Gasteiger partial charge >= 0.3 is 0 Å². The van der Waals surface area contributed by atoms with Crippen molar-refractivity contribution in [2.45, 2.75) is 38.1 Å². The lowest BCUT2D eigenvalue weighted by molar-refractivity contribution is 0.295. The maximum atomic E-state index is 3.80. The van der Waals surface area contributed by atoms with E-state index in [9.17, 15) is 0 Å². The second kappa shape index (κ2) is 7.66. The summed E-state index contributed by atoms with van der Waals surface area (Å²) in [4.78, 5) is 2.27. The molecule has 1 aliphatic rings. The third kappa shape index (κ3) is 4.96. The molecule has 1 aromatic rings. The van der Waals surface area contributed by atoms with Crippen LogP contribution in [0.3, 0.4) is 0 Å². The molecule has 2 heteroatoms. The van der Waals surface area contributed by atoms with E-state index in [0.717, 1.165) is 12.5 Å². The highest BCUT2D eigenvalue weighted by molar-refractivity contribution is 5.19. The molecule has 0 amide bonds. The highest BCUT2D eigenvalue weighted by Crippen LogP contribution is 2.24. The van der Waals surface area contributed by atoms with Crippen molar-refractivity contribution in [1.29, 1.82) is 0 Å². The summed E-state index contributed by atoms with van der Waals surface area (Å²) in [5, 5.41) is 3.80. The van der Waals surface area contributed by atoms with E-state index >= 15 is 0 Å². The Labute approximate surface area is 118 Å². The second-order valence-corrected chi connectivity index (χ2v) is 6.14. The molecule has 0 aliphatic heterocycles. The number of hydrogen-bond acceptors (Lipinski definition) is 2. The van der Waals surface area contributed by atoms with Gasteiger partial charge in [0.1, 0.15) is 0 Å². The van der Waals surface area contributed by atoms with Crippen molar-refractivity contribution in [3.8, 4) is 0 Å². The lowest BCUT2D eigenvalue weighted by atomic mass is 9.89. The van der Waals surface area contributed by atoms with Crippen molar-refractivity contribution in [3.05, 3.63) is 35.9 Å². The first kappa shape index (κ1) is 14.5. The van der Waals surface area contributed by atoms with Crippen molar-refractivity contribution < 1.29 is 0 Å². The molecule has 1 N–H and O–H groups in total. The van der Waals surface area contributed by atoms with Gasteiger partial charge in [0.25, 0.3) is 0 Å². The first-order valence-corrected chi connectivity index (χ1v) is 7.69. The number of hydrogen-bond donors (Lipinski definition) is 1. The van der Waals surface area contributed by atoms with Crippen LogP contribution in [0.15, 0.2) is 30.3 Å². The molecular weight excluding hydrogens is 232 g/mol. The molecule has 2 rings (SSSR count). The Balaban J connectivity index is 1.90. The van der Waals surface area contributed by atoms with Crippen LogP contribution in [-0.2, 0) is 0 Å². The summed E-state index contributed by atoms with van der Waals surface area (Å²) in [5.74, 6) is 0.891. The lowest BCUT2D eigenvalue weighted by Crippen LogP contribution is -2.34. The number of nitrogens with zero attached hydrogens (tertiary/aromatic N) is 1. The van der Waals surface area contributed by atoms with Crippen LogP contribution in [0.4, 0.5) is 0 Å². The summed E-state index contributed by atoms with van der Waals surface area (Å²) in [6.45, 7) is 2.24. The molecule has 1 aliphatic carbocycles. The van der Waals surface area contributed by atoms with Crippen LogP contribution in [0.2, 0.25) is 0 Å². The van der Waals surface area contributed by atoms with Crippen molar-refractivity contribution in [3.63, 3.8) is 0 Å². The molecule has 1 unspecified atom stereocenters. The van der Waals surface area contributed by atoms with E-state index in [1.54, 1.807) is 0 Å². The molecule has 1 atom stereocenters. The highest BCUT2D eigenvalue weighted by Gasteiger charge is 2.17. The predicted molar refractivity (Wildman–Crippen MR) is 82.3 cm³/mol. The average molecular weight is 260 g/mol. The molecule has 0 heterocycles. The zero-order chi connectivity index (χ0) is 13.5. The molecule has 0 spiro atoms. The Hall–Kier alpha value is -0.860. The minimum atomic E-state index is 0.457. The zero-order valence-electron chi connectivity index (χ0n) is 12.4. The number of benzene rings is 1. The van der Waals surface area contributed by atoms with Crippen molar-refractivity contribution in [1.82, 2.24) is 10.2 Å². The van der Waals surface area contributed by atoms with Crippen molar-refractivity contribution in [2.24, 2.45) is 5.92 Å². The van der Waals surface area contributed by atoms with Gasteiger partial charge in [-0.25, -0.2) is 0 Å². The molecule has 0 bridgehead atoms. The summed E-state index contributed by atoms with van der Waals surface area (Å²) in [6, 6.07) is 11.3. The van der Waals surface area contributed by atoms with Gasteiger partial charge in [-0.3, -0.25) is 0 Å². The standard InChI is InChI=1S/C17H28N2/c1-19(2)14-17(16-11-7-4-8-12-16)18-13-15-9-5-3-6-10-15/h4,7-8,11-12,15,17-18H,3,5-6,9-10,13-14H2,1-2H3. The highest BCUT2D eigenvalue weighted by atomic mass is 15.1. The number of likely N-dealkylation sites (N-methyl/N-ethyl adjacent to an activating group) is 1. The summed E-state index contributed by atoms with van der Waals surface area (Å²) in [6.07, 6.45) is 7.12. The Morgan fingerprint density at radius 3 is 2.42 bits per heavy atom. The van der Waals surface area contributed by atoms with Crippen LogP contribution in [0.1, 0.15) is 43.7 Å². The molecule has 19 heavy (non-hydrogen) atoms. The first-order valence-electron chi connectivity index (χ1n) is 7.69.